The monoisotopic (exact) mass is 1030 g/mol. The maximum absolute atomic E-state index is 9.20. The molecule has 10 rings (SSSR count). The number of rotatable bonds is 7. The molecule has 0 atom stereocenters. The standard InChI is InChI=1S/C59H53N4.Pt/c1-57(2,3)42-32-33-60-55(38-42)63-51-27-16-15-24-49(51)50-31-30-43(37-54(50)63)59(7,8)45-34-44(58(4,5)6)35-46(36-45)61-39-62(53-29-18-17-28-52(53)61)56-47(40-20-11-9-12-21-40)25-19-26-48(56)41-22-13-10-14-23-41;/h9-35,38-39H,1-8H3;/q-3;/i9D,10D,11D,12D,13D,14D,15D,16D,20D,21D,22D,23D,24D,27D;. The van der Waals surface area contributed by atoms with Gasteiger partial charge in [0.2, 0.25) is 0 Å². The van der Waals surface area contributed by atoms with Crippen molar-refractivity contribution in [2.75, 3.05) is 9.80 Å². The molecule has 322 valence electrons. The molecule has 0 spiro atoms. The summed E-state index contributed by atoms with van der Waals surface area (Å²) in [5.41, 5.74) is 4.75. The number of hydrogen-bond donors (Lipinski definition) is 0. The van der Waals surface area contributed by atoms with E-state index < -0.39 is 71.3 Å². The molecule has 7 aromatic carbocycles. The van der Waals surface area contributed by atoms with Crippen LogP contribution in [-0.2, 0) is 37.3 Å². The van der Waals surface area contributed by atoms with Crippen molar-refractivity contribution < 1.29 is 40.3 Å². The summed E-state index contributed by atoms with van der Waals surface area (Å²) in [5, 5.41) is 0.937. The van der Waals surface area contributed by atoms with E-state index in [9.17, 15) is 1.37 Å². The molecule has 9 aromatic rings. The van der Waals surface area contributed by atoms with Crippen LogP contribution in [0.4, 0.5) is 22.7 Å². The van der Waals surface area contributed by atoms with Crippen molar-refractivity contribution in [3.05, 3.63) is 211 Å². The maximum atomic E-state index is 9.20. The largest absolute Gasteiger partial charge is 0.493 e. The van der Waals surface area contributed by atoms with Crippen LogP contribution in [-0.4, -0.2) is 9.55 Å². The molecule has 0 saturated carbocycles. The van der Waals surface area contributed by atoms with Crippen LogP contribution >= 0.6 is 0 Å². The minimum absolute atomic E-state index is 0. The summed E-state index contributed by atoms with van der Waals surface area (Å²) < 4.78 is 125. The van der Waals surface area contributed by atoms with Gasteiger partial charge in [-0.3, -0.25) is 0 Å². The number of aromatic nitrogens is 2. The number of benzene rings is 7. The summed E-state index contributed by atoms with van der Waals surface area (Å²) in [6, 6.07) is 25.1. The van der Waals surface area contributed by atoms with Crippen molar-refractivity contribution >= 4 is 44.6 Å². The maximum Gasteiger partial charge on any atom is 0.135 e. The van der Waals surface area contributed by atoms with Crippen LogP contribution in [0.2, 0.25) is 0 Å². The van der Waals surface area contributed by atoms with Gasteiger partial charge in [0.1, 0.15) is 5.82 Å². The first kappa shape index (κ1) is 29.3. The van der Waals surface area contributed by atoms with Crippen LogP contribution in [0.25, 0.3) is 49.9 Å². The van der Waals surface area contributed by atoms with E-state index in [0.717, 1.165) is 22.3 Å². The van der Waals surface area contributed by atoms with Gasteiger partial charge in [-0.25, -0.2) is 4.98 Å². The fourth-order valence-corrected chi connectivity index (χ4v) is 8.30. The normalized spacial score (nSPS) is 16.1. The van der Waals surface area contributed by atoms with Gasteiger partial charge in [0.25, 0.3) is 0 Å². The molecule has 0 N–H and O–H groups in total. The van der Waals surface area contributed by atoms with E-state index in [-0.39, 0.29) is 84.1 Å². The van der Waals surface area contributed by atoms with Crippen LogP contribution in [0, 0.1) is 18.8 Å². The molecule has 0 amide bonds. The molecule has 0 bridgehead atoms. The van der Waals surface area contributed by atoms with Crippen LogP contribution in [0.1, 0.15) is 96.8 Å². The molecule has 1 aliphatic heterocycles. The molecule has 0 fully saturated rings. The SMILES string of the molecule is [2H]c1c([2H])c([2H])c(-c2cccc(-c3c([2H])c([2H])c([2H])c([2H])c3[2H])c2N2[CH-]N(c3[c-]c(C(C)(C)c4[c-]c5c(cc4)c4c([2H])c([2H])c([2H])c([2H])c4n5-c4cc(C(C)(C)C)ccn4)cc(C(C)(C)C)c3)c3ccccc32)c([2H])c1[2H].[Pt]. The van der Waals surface area contributed by atoms with Crippen LogP contribution in [0.3, 0.4) is 0 Å². The molecule has 3 heterocycles. The number of pyridine rings is 1. The van der Waals surface area contributed by atoms with E-state index in [1.165, 1.54) is 0 Å². The van der Waals surface area contributed by atoms with E-state index in [0.29, 0.717) is 39.2 Å². The minimum atomic E-state index is -0.860. The van der Waals surface area contributed by atoms with Crippen molar-refractivity contribution in [3.8, 4) is 28.1 Å². The Kier molecular flexibility index (Phi) is 7.50. The first-order valence-electron chi connectivity index (χ1n) is 27.9. The van der Waals surface area contributed by atoms with E-state index >= 15 is 0 Å². The third-order valence-electron chi connectivity index (χ3n) is 11.9. The zero-order valence-electron chi connectivity index (χ0n) is 50.8. The van der Waals surface area contributed by atoms with Gasteiger partial charge in [0, 0.05) is 61.0 Å². The van der Waals surface area contributed by atoms with Crippen LogP contribution in [0.5, 0.6) is 0 Å². The van der Waals surface area contributed by atoms with Gasteiger partial charge in [0.15, 0.2) is 0 Å². The Morgan fingerprint density at radius 2 is 1.17 bits per heavy atom. The van der Waals surface area contributed by atoms with Gasteiger partial charge in [-0.2, -0.15) is 47.0 Å². The summed E-state index contributed by atoms with van der Waals surface area (Å²) >= 11 is 0. The Morgan fingerprint density at radius 1 is 0.562 bits per heavy atom. The summed E-state index contributed by atoms with van der Waals surface area (Å²) in [4.78, 5) is 8.47. The van der Waals surface area contributed by atoms with Gasteiger partial charge in [-0.05, 0) is 68.6 Å². The summed E-state index contributed by atoms with van der Waals surface area (Å²) in [6.45, 7) is 18.5. The van der Waals surface area contributed by atoms with E-state index in [1.54, 1.807) is 40.5 Å². The average Bonchev–Trinajstić information content (AvgIpc) is 4.14. The smallest absolute Gasteiger partial charge is 0.135 e. The van der Waals surface area contributed by atoms with Gasteiger partial charge in [-0.15, -0.1) is 23.8 Å². The van der Waals surface area contributed by atoms with Crippen LogP contribution in [0.15, 0.2) is 170 Å². The summed E-state index contributed by atoms with van der Waals surface area (Å²) in [7, 11) is 0. The van der Waals surface area contributed by atoms with Crippen LogP contribution < -0.4 is 9.80 Å². The third kappa shape index (κ3) is 7.56. The second-order valence-electron chi connectivity index (χ2n) is 18.4. The molecule has 0 radical (unpaired) electrons. The number of fused-ring (bicyclic) bond motifs is 4. The van der Waals surface area contributed by atoms with Gasteiger partial charge >= 0.3 is 0 Å². The first-order chi connectivity index (χ1) is 36.1. The topological polar surface area (TPSA) is 24.3 Å². The zero-order chi connectivity index (χ0) is 55.9. The third-order valence-corrected chi connectivity index (χ3v) is 11.9. The fourth-order valence-electron chi connectivity index (χ4n) is 8.30. The molecule has 4 nitrogen and oxygen atoms in total. The second-order valence-corrected chi connectivity index (χ2v) is 18.4. The molecule has 1 aliphatic rings. The Morgan fingerprint density at radius 3 is 1.81 bits per heavy atom. The average molecular weight is 1030 g/mol. The first-order valence-corrected chi connectivity index (χ1v) is 20.9. The number of hydrogen-bond acceptors (Lipinski definition) is 3. The van der Waals surface area contributed by atoms with E-state index in [4.69, 9.17) is 22.8 Å². The molecule has 0 aliphatic carbocycles. The number of anilines is 4. The van der Waals surface area contributed by atoms with Crippen molar-refractivity contribution in [2.24, 2.45) is 0 Å². The molecule has 5 heteroatoms. The quantitative estimate of drug-likeness (QED) is 0.149. The Labute approximate surface area is 413 Å². The Balaban J connectivity index is 0.00000740. The van der Waals surface area contributed by atoms with Crippen molar-refractivity contribution in [2.45, 2.75) is 71.6 Å². The zero-order valence-corrected chi connectivity index (χ0v) is 39.0. The second kappa shape index (κ2) is 16.4. The molecular formula is C59H53N4Pt-3. The van der Waals surface area contributed by atoms with Gasteiger partial charge < -0.3 is 14.4 Å². The molecule has 2 aromatic heterocycles. The fraction of sp³-hybridized carbons (Fsp3) is 0.186. The number of nitrogens with zero attached hydrogens (tertiary/aromatic N) is 4. The van der Waals surface area contributed by atoms with Gasteiger partial charge in [-0.1, -0.05) is 170 Å². The van der Waals surface area contributed by atoms with E-state index in [2.05, 4.69) is 73.6 Å². The van der Waals surface area contributed by atoms with Crippen molar-refractivity contribution in [1.29, 1.82) is 0 Å². The minimum Gasteiger partial charge on any atom is -0.493 e. The predicted molar refractivity (Wildman–Crippen MR) is 265 cm³/mol. The molecule has 0 unspecified atom stereocenters. The molecule has 0 saturated heterocycles. The Bertz CT molecular complexity index is 3840. The number of para-hydroxylation sites is 4. The van der Waals surface area contributed by atoms with Crippen molar-refractivity contribution in [1.82, 2.24) is 9.55 Å². The molecular weight excluding hydrogens is 960 g/mol. The van der Waals surface area contributed by atoms with E-state index in [1.807, 2.05) is 59.5 Å². The van der Waals surface area contributed by atoms with Gasteiger partial charge in [0.05, 0.1) is 19.2 Å². The molecule has 64 heavy (non-hydrogen) atoms. The summed E-state index contributed by atoms with van der Waals surface area (Å²) in [6.07, 6.45) is 1.71. The predicted octanol–water partition coefficient (Wildman–Crippen LogP) is 15.4. The summed E-state index contributed by atoms with van der Waals surface area (Å²) in [5.74, 6) is 0.480. The van der Waals surface area contributed by atoms with Crippen molar-refractivity contribution in [3.63, 3.8) is 0 Å². The Hall–Kier alpha value is -6.22.